The highest BCUT2D eigenvalue weighted by Gasteiger charge is 2.19. The molecule has 3 nitrogen and oxygen atoms in total. The van der Waals surface area contributed by atoms with Crippen molar-refractivity contribution in [3.63, 3.8) is 0 Å². The monoisotopic (exact) mass is 272 g/mol. The molecule has 1 aliphatic carbocycles. The molecule has 3 heteroatoms. The summed E-state index contributed by atoms with van der Waals surface area (Å²) in [7, 11) is 1.72. The number of nitrogens with one attached hydrogen (secondary N) is 1. The van der Waals surface area contributed by atoms with Gasteiger partial charge in [0.05, 0.1) is 7.11 Å². The second-order valence-corrected chi connectivity index (χ2v) is 5.69. The fourth-order valence-electron chi connectivity index (χ4n) is 3.26. The smallest absolute Gasteiger partial charge is 0.118 e. The first-order valence-corrected chi connectivity index (χ1v) is 7.65. The number of nitrogens with zero attached hydrogens (tertiary/aromatic N) is 1. The molecule has 0 unspecified atom stereocenters. The van der Waals surface area contributed by atoms with Crippen molar-refractivity contribution in [2.24, 2.45) is 0 Å². The number of hydrogen-bond acceptors (Lipinski definition) is 3. The number of allylic oxidation sites excluding steroid dienone is 1. The van der Waals surface area contributed by atoms with Gasteiger partial charge in [-0.05, 0) is 42.5 Å². The molecule has 1 aromatic carbocycles. The minimum Gasteiger partial charge on any atom is -0.497 e. The number of benzene rings is 1. The molecule has 1 heterocycles. The van der Waals surface area contributed by atoms with Gasteiger partial charge in [-0.3, -0.25) is 4.90 Å². The molecule has 2 aliphatic rings. The lowest BCUT2D eigenvalue weighted by molar-refractivity contribution is 0.258. The third kappa shape index (κ3) is 3.05. The Kier molecular flexibility index (Phi) is 4.38. The lowest BCUT2D eigenvalue weighted by atomic mass is 10.0. The van der Waals surface area contributed by atoms with E-state index in [1.807, 2.05) is 0 Å². The van der Waals surface area contributed by atoms with Crippen molar-refractivity contribution in [1.29, 1.82) is 0 Å². The third-order valence-corrected chi connectivity index (χ3v) is 4.39. The van der Waals surface area contributed by atoms with Gasteiger partial charge in [-0.1, -0.05) is 17.7 Å². The Morgan fingerprint density at radius 3 is 2.55 bits per heavy atom. The summed E-state index contributed by atoms with van der Waals surface area (Å²) in [6, 6.07) is 8.56. The summed E-state index contributed by atoms with van der Waals surface area (Å²) >= 11 is 0. The minimum atomic E-state index is 0.941. The van der Waals surface area contributed by atoms with Crippen LogP contribution in [-0.2, 0) is 0 Å². The molecule has 3 rings (SSSR count). The van der Waals surface area contributed by atoms with E-state index in [9.17, 15) is 0 Å². The molecule has 1 aromatic rings. The van der Waals surface area contributed by atoms with Crippen LogP contribution in [-0.4, -0.2) is 44.7 Å². The molecule has 0 atom stereocenters. The normalized spacial score (nSPS) is 20.4. The topological polar surface area (TPSA) is 24.5 Å². The summed E-state index contributed by atoms with van der Waals surface area (Å²) in [5.41, 5.74) is 4.61. The van der Waals surface area contributed by atoms with Gasteiger partial charge in [0, 0.05) is 32.7 Å². The fourth-order valence-corrected chi connectivity index (χ4v) is 3.26. The lowest BCUT2D eigenvalue weighted by Gasteiger charge is -2.28. The molecule has 0 bridgehead atoms. The largest absolute Gasteiger partial charge is 0.497 e. The van der Waals surface area contributed by atoms with Crippen molar-refractivity contribution in [3.05, 3.63) is 35.4 Å². The average molecular weight is 272 g/mol. The van der Waals surface area contributed by atoms with Crippen LogP contribution < -0.4 is 10.1 Å². The molecule has 20 heavy (non-hydrogen) atoms. The van der Waals surface area contributed by atoms with Crippen LogP contribution in [0.5, 0.6) is 5.75 Å². The van der Waals surface area contributed by atoms with E-state index in [1.165, 1.54) is 37.9 Å². The summed E-state index contributed by atoms with van der Waals surface area (Å²) in [5, 5.41) is 3.42. The highest BCUT2D eigenvalue weighted by Crippen LogP contribution is 2.34. The van der Waals surface area contributed by atoms with Crippen LogP contribution in [0.1, 0.15) is 24.8 Å². The molecule has 1 N–H and O–H groups in total. The standard InChI is InChI=1S/C17H24N2O/c1-20-16-7-5-14(6-8-16)17-4-2-3-15(17)13-19-11-9-18-10-12-19/h5-8,18H,2-4,9-13H2,1H3. The zero-order valence-corrected chi connectivity index (χ0v) is 12.3. The molecule has 0 spiro atoms. The van der Waals surface area contributed by atoms with Gasteiger partial charge < -0.3 is 10.1 Å². The first-order valence-electron chi connectivity index (χ1n) is 7.65. The van der Waals surface area contributed by atoms with E-state index in [0.717, 1.165) is 25.4 Å². The van der Waals surface area contributed by atoms with E-state index in [-0.39, 0.29) is 0 Å². The molecule has 0 radical (unpaired) electrons. The number of rotatable bonds is 4. The van der Waals surface area contributed by atoms with Crippen LogP contribution in [0, 0.1) is 0 Å². The van der Waals surface area contributed by atoms with E-state index in [4.69, 9.17) is 4.74 Å². The van der Waals surface area contributed by atoms with Gasteiger partial charge in [0.2, 0.25) is 0 Å². The second-order valence-electron chi connectivity index (χ2n) is 5.69. The summed E-state index contributed by atoms with van der Waals surface area (Å²) in [6.45, 7) is 5.78. The third-order valence-electron chi connectivity index (χ3n) is 4.39. The van der Waals surface area contributed by atoms with Crippen LogP contribution in [0.25, 0.3) is 5.57 Å². The predicted molar refractivity (Wildman–Crippen MR) is 83.1 cm³/mol. The Labute approximate surface area is 121 Å². The Balaban J connectivity index is 1.75. The fraction of sp³-hybridized carbons (Fsp3) is 0.529. The minimum absolute atomic E-state index is 0.941. The summed E-state index contributed by atoms with van der Waals surface area (Å²) in [6.07, 6.45) is 3.81. The maximum absolute atomic E-state index is 5.25. The molecule has 1 aliphatic heterocycles. The van der Waals surface area contributed by atoms with Gasteiger partial charge in [-0.25, -0.2) is 0 Å². The maximum Gasteiger partial charge on any atom is 0.118 e. The summed E-state index contributed by atoms with van der Waals surface area (Å²) in [5.74, 6) is 0.941. The van der Waals surface area contributed by atoms with Crippen LogP contribution in [0.2, 0.25) is 0 Å². The van der Waals surface area contributed by atoms with Gasteiger partial charge in [0.1, 0.15) is 5.75 Å². The summed E-state index contributed by atoms with van der Waals surface area (Å²) in [4.78, 5) is 2.58. The van der Waals surface area contributed by atoms with Gasteiger partial charge >= 0.3 is 0 Å². The van der Waals surface area contributed by atoms with Crippen molar-refractivity contribution >= 4 is 5.57 Å². The van der Waals surface area contributed by atoms with Crippen molar-refractivity contribution in [1.82, 2.24) is 10.2 Å². The Morgan fingerprint density at radius 2 is 1.85 bits per heavy atom. The van der Waals surface area contributed by atoms with Crippen LogP contribution in [0.4, 0.5) is 0 Å². The molecule has 0 saturated carbocycles. The zero-order chi connectivity index (χ0) is 13.8. The maximum atomic E-state index is 5.25. The molecule has 1 fully saturated rings. The zero-order valence-electron chi connectivity index (χ0n) is 12.3. The average Bonchev–Trinajstić information content (AvgIpc) is 2.96. The van der Waals surface area contributed by atoms with Gasteiger partial charge in [0.25, 0.3) is 0 Å². The Bertz CT molecular complexity index is 472. The Hall–Kier alpha value is -1.32. The highest BCUT2D eigenvalue weighted by atomic mass is 16.5. The highest BCUT2D eigenvalue weighted by molar-refractivity contribution is 5.71. The van der Waals surface area contributed by atoms with E-state index >= 15 is 0 Å². The summed E-state index contributed by atoms with van der Waals surface area (Å²) < 4.78 is 5.25. The van der Waals surface area contributed by atoms with Crippen LogP contribution >= 0.6 is 0 Å². The predicted octanol–water partition coefficient (Wildman–Crippen LogP) is 2.54. The number of methoxy groups -OCH3 is 1. The van der Waals surface area contributed by atoms with Crippen LogP contribution in [0.3, 0.4) is 0 Å². The van der Waals surface area contributed by atoms with Crippen molar-refractivity contribution in [2.75, 3.05) is 39.8 Å². The van der Waals surface area contributed by atoms with E-state index < -0.39 is 0 Å². The molecule has 1 saturated heterocycles. The van der Waals surface area contributed by atoms with Gasteiger partial charge in [0.15, 0.2) is 0 Å². The van der Waals surface area contributed by atoms with Gasteiger partial charge in [-0.15, -0.1) is 0 Å². The van der Waals surface area contributed by atoms with Crippen molar-refractivity contribution in [3.8, 4) is 5.75 Å². The van der Waals surface area contributed by atoms with E-state index in [0.29, 0.717) is 0 Å². The van der Waals surface area contributed by atoms with E-state index in [1.54, 1.807) is 18.3 Å². The second kappa shape index (κ2) is 6.42. The molecular weight excluding hydrogens is 248 g/mol. The molecule has 108 valence electrons. The molecule has 0 amide bonds. The first kappa shape index (κ1) is 13.7. The molecule has 0 aromatic heterocycles. The molecular formula is C17H24N2O. The SMILES string of the molecule is COc1ccc(C2=C(CN3CCNCC3)CCC2)cc1. The van der Waals surface area contributed by atoms with E-state index in [2.05, 4.69) is 34.5 Å². The number of ether oxygens (including phenoxy) is 1. The van der Waals surface area contributed by atoms with Crippen molar-refractivity contribution < 1.29 is 4.74 Å². The Morgan fingerprint density at radius 1 is 1.10 bits per heavy atom. The van der Waals surface area contributed by atoms with Gasteiger partial charge in [-0.2, -0.15) is 0 Å². The quantitative estimate of drug-likeness (QED) is 0.911. The van der Waals surface area contributed by atoms with Crippen molar-refractivity contribution in [2.45, 2.75) is 19.3 Å². The number of hydrogen-bond donors (Lipinski definition) is 1. The number of piperazine rings is 1. The van der Waals surface area contributed by atoms with Crippen LogP contribution in [0.15, 0.2) is 29.8 Å². The lowest BCUT2D eigenvalue weighted by Crippen LogP contribution is -2.44. The first-order chi connectivity index (χ1) is 9.86.